The predicted molar refractivity (Wildman–Crippen MR) is 82.2 cm³/mol. The third-order valence-electron chi connectivity index (χ3n) is 3.00. The highest BCUT2D eigenvalue weighted by atomic mass is 35.5. The van der Waals surface area contributed by atoms with E-state index in [1.54, 1.807) is 6.92 Å². The van der Waals surface area contributed by atoms with E-state index >= 15 is 0 Å². The van der Waals surface area contributed by atoms with Crippen molar-refractivity contribution in [2.24, 2.45) is 0 Å². The van der Waals surface area contributed by atoms with E-state index in [2.05, 4.69) is 0 Å². The van der Waals surface area contributed by atoms with E-state index in [0.29, 0.717) is 28.5 Å². The Kier molecular flexibility index (Phi) is 4.86. The Labute approximate surface area is 132 Å². The highest BCUT2D eigenvalue weighted by Gasteiger charge is 2.18. The zero-order chi connectivity index (χ0) is 15.6. The number of hydrogen-bond acceptors (Lipinski definition) is 2. The Morgan fingerprint density at radius 3 is 2.48 bits per heavy atom. The number of aryl methyl sites for hydroxylation is 1. The SMILES string of the molecule is CCOc1cc(Cl)c(C(=O)c2ccc(F)cc2C)cc1Cl. The standard InChI is InChI=1S/C16H13Cl2FO2/c1-3-21-15-8-13(17)12(7-14(15)18)16(20)11-5-4-10(19)6-9(11)2/h4-8H,3H2,1-2H3. The van der Waals surface area contributed by atoms with E-state index in [0.717, 1.165) is 0 Å². The molecule has 2 aromatic carbocycles. The molecule has 2 nitrogen and oxygen atoms in total. The topological polar surface area (TPSA) is 26.3 Å². The van der Waals surface area contributed by atoms with Crippen LogP contribution in [0.3, 0.4) is 0 Å². The molecule has 0 saturated heterocycles. The molecule has 110 valence electrons. The van der Waals surface area contributed by atoms with Gasteiger partial charge in [0.25, 0.3) is 0 Å². The van der Waals surface area contributed by atoms with Crippen molar-refractivity contribution < 1.29 is 13.9 Å². The first-order valence-corrected chi connectivity index (χ1v) is 7.12. The molecule has 0 saturated carbocycles. The molecular formula is C16H13Cl2FO2. The molecule has 0 aliphatic carbocycles. The zero-order valence-electron chi connectivity index (χ0n) is 11.5. The first-order chi connectivity index (χ1) is 9.93. The number of carbonyl (C=O) groups excluding carboxylic acids is 1. The van der Waals surface area contributed by atoms with Gasteiger partial charge in [-0.15, -0.1) is 0 Å². The monoisotopic (exact) mass is 326 g/mol. The van der Waals surface area contributed by atoms with Gasteiger partial charge in [-0.1, -0.05) is 23.2 Å². The van der Waals surface area contributed by atoms with E-state index in [1.807, 2.05) is 6.92 Å². The van der Waals surface area contributed by atoms with Crippen molar-refractivity contribution in [2.45, 2.75) is 13.8 Å². The molecule has 0 bridgehead atoms. The smallest absolute Gasteiger partial charge is 0.194 e. The van der Waals surface area contributed by atoms with Crippen molar-refractivity contribution in [3.63, 3.8) is 0 Å². The summed E-state index contributed by atoms with van der Waals surface area (Å²) in [6.07, 6.45) is 0. The fraction of sp³-hybridized carbons (Fsp3) is 0.188. The lowest BCUT2D eigenvalue weighted by molar-refractivity contribution is 0.103. The highest BCUT2D eigenvalue weighted by Crippen LogP contribution is 2.32. The van der Waals surface area contributed by atoms with Gasteiger partial charge in [0.2, 0.25) is 0 Å². The van der Waals surface area contributed by atoms with Gasteiger partial charge >= 0.3 is 0 Å². The van der Waals surface area contributed by atoms with Crippen molar-refractivity contribution in [2.75, 3.05) is 6.61 Å². The fourth-order valence-electron chi connectivity index (χ4n) is 2.00. The molecule has 0 fully saturated rings. The lowest BCUT2D eigenvalue weighted by Gasteiger charge is -2.11. The molecule has 0 amide bonds. The van der Waals surface area contributed by atoms with Crippen LogP contribution in [-0.2, 0) is 0 Å². The van der Waals surface area contributed by atoms with Gasteiger partial charge in [0.15, 0.2) is 5.78 Å². The van der Waals surface area contributed by atoms with Gasteiger partial charge in [0, 0.05) is 17.2 Å². The average Bonchev–Trinajstić information content (AvgIpc) is 2.42. The van der Waals surface area contributed by atoms with Gasteiger partial charge in [0.05, 0.1) is 16.7 Å². The van der Waals surface area contributed by atoms with Gasteiger partial charge < -0.3 is 4.74 Å². The summed E-state index contributed by atoms with van der Waals surface area (Å²) in [5.41, 5.74) is 1.19. The summed E-state index contributed by atoms with van der Waals surface area (Å²) in [6.45, 7) is 3.94. The molecule has 0 spiro atoms. The van der Waals surface area contributed by atoms with Crippen LogP contribution in [0.2, 0.25) is 10.0 Å². The quantitative estimate of drug-likeness (QED) is 0.733. The van der Waals surface area contributed by atoms with Crippen molar-refractivity contribution in [3.8, 4) is 5.75 Å². The molecule has 5 heteroatoms. The Morgan fingerprint density at radius 2 is 1.86 bits per heavy atom. The summed E-state index contributed by atoms with van der Waals surface area (Å²) in [6, 6.07) is 6.97. The molecule has 21 heavy (non-hydrogen) atoms. The molecule has 0 aromatic heterocycles. The minimum atomic E-state index is -0.389. The summed E-state index contributed by atoms with van der Waals surface area (Å²) in [7, 11) is 0. The Bertz CT molecular complexity index is 699. The van der Waals surface area contributed by atoms with Crippen molar-refractivity contribution in [1.82, 2.24) is 0 Å². The van der Waals surface area contributed by atoms with E-state index in [1.165, 1.54) is 30.3 Å². The minimum Gasteiger partial charge on any atom is -0.492 e. The molecule has 0 atom stereocenters. The molecule has 0 N–H and O–H groups in total. The molecule has 0 unspecified atom stereocenters. The third-order valence-corrected chi connectivity index (χ3v) is 3.61. The number of hydrogen-bond donors (Lipinski definition) is 0. The van der Waals surface area contributed by atoms with Gasteiger partial charge in [0.1, 0.15) is 11.6 Å². The average molecular weight is 327 g/mol. The summed E-state index contributed by atoms with van der Waals surface area (Å²) < 4.78 is 18.4. The van der Waals surface area contributed by atoms with Crippen LogP contribution >= 0.6 is 23.2 Å². The minimum absolute atomic E-state index is 0.247. The predicted octanol–water partition coefficient (Wildman–Crippen LogP) is 5.07. The Hall–Kier alpha value is -1.58. The zero-order valence-corrected chi connectivity index (χ0v) is 13.1. The second-order valence-electron chi connectivity index (χ2n) is 4.48. The van der Waals surface area contributed by atoms with Gasteiger partial charge in [-0.2, -0.15) is 0 Å². The van der Waals surface area contributed by atoms with Crippen molar-refractivity contribution in [3.05, 3.63) is 62.9 Å². The van der Waals surface area contributed by atoms with E-state index in [4.69, 9.17) is 27.9 Å². The van der Waals surface area contributed by atoms with Gasteiger partial charge in [-0.25, -0.2) is 4.39 Å². The number of halogens is 3. The van der Waals surface area contributed by atoms with E-state index < -0.39 is 0 Å². The molecule has 2 rings (SSSR count). The summed E-state index contributed by atoms with van der Waals surface area (Å²) in [5.74, 6) is -0.265. The highest BCUT2D eigenvalue weighted by molar-refractivity contribution is 6.37. The van der Waals surface area contributed by atoms with E-state index in [-0.39, 0.29) is 22.2 Å². The third kappa shape index (κ3) is 3.36. The molecule has 0 aliphatic heterocycles. The second-order valence-corrected chi connectivity index (χ2v) is 5.30. The number of ether oxygens (including phenoxy) is 1. The summed E-state index contributed by atoms with van der Waals surface area (Å²) in [5, 5.41) is 0.556. The normalized spacial score (nSPS) is 10.5. The first-order valence-electron chi connectivity index (χ1n) is 6.36. The molecule has 0 aliphatic rings. The van der Waals surface area contributed by atoms with Crippen LogP contribution in [0.4, 0.5) is 4.39 Å². The molecule has 2 aromatic rings. The van der Waals surface area contributed by atoms with Crippen LogP contribution in [0.1, 0.15) is 28.4 Å². The lowest BCUT2D eigenvalue weighted by atomic mass is 9.99. The van der Waals surface area contributed by atoms with Crippen LogP contribution in [0, 0.1) is 12.7 Å². The molecule has 0 radical (unpaired) electrons. The molecule has 0 heterocycles. The number of rotatable bonds is 4. The maximum Gasteiger partial charge on any atom is 0.194 e. The number of ketones is 1. The fourth-order valence-corrected chi connectivity index (χ4v) is 2.45. The summed E-state index contributed by atoms with van der Waals surface area (Å²) >= 11 is 12.2. The van der Waals surface area contributed by atoms with Crippen molar-refractivity contribution >= 4 is 29.0 Å². The summed E-state index contributed by atoms with van der Waals surface area (Å²) in [4.78, 5) is 12.5. The Balaban J connectivity index is 2.46. The Morgan fingerprint density at radius 1 is 1.14 bits per heavy atom. The van der Waals surface area contributed by atoms with E-state index in [9.17, 15) is 9.18 Å². The van der Waals surface area contributed by atoms with Gasteiger partial charge in [-0.05, 0) is 43.7 Å². The maximum atomic E-state index is 13.1. The lowest BCUT2D eigenvalue weighted by Crippen LogP contribution is -2.05. The van der Waals surface area contributed by atoms with Crippen molar-refractivity contribution in [1.29, 1.82) is 0 Å². The molecular weight excluding hydrogens is 314 g/mol. The largest absolute Gasteiger partial charge is 0.492 e. The van der Waals surface area contributed by atoms with Crippen LogP contribution in [0.25, 0.3) is 0 Å². The van der Waals surface area contributed by atoms with Gasteiger partial charge in [-0.3, -0.25) is 4.79 Å². The number of benzene rings is 2. The first kappa shape index (κ1) is 15.8. The van der Waals surface area contributed by atoms with Crippen LogP contribution in [0.5, 0.6) is 5.75 Å². The van der Waals surface area contributed by atoms with Crippen LogP contribution < -0.4 is 4.74 Å². The van der Waals surface area contributed by atoms with Crippen LogP contribution in [-0.4, -0.2) is 12.4 Å². The maximum absolute atomic E-state index is 13.1. The second kappa shape index (κ2) is 6.46. The number of carbonyl (C=O) groups is 1. The van der Waals surface area contributed by atoms with Crippen LogP contribution in [0.15, 0.2) is 30.3 Å².